The lowest BCUT2D eigenvalue weighted by Crippen LogP contribution is -2.03. The standard InChI is InChI=1S/C14H16BrClN2/c1-3-4-14-11(8-15)9-17-18(14)12-6-5-10(2)13(16)7-12/h5-7,9H,3-4,8H2,1-2H3. The second-order valence-corrected chi connectivity index (χ2v) is 5.31. The van der Waals surface area contributed by atoms with Gasteiger partial charge < -0.3 is 0 Å². The lowest BCUT2D eigenvalue weighted by molar-refractivity contribution is 0.771. The molecular weight excluding hydrogens is 312 g/mol. The third-order valence-corrected chi connectivity index (χ3v) is 4.00. The van der Waals surface area contributed by atoms with Crippen molar-refractivity contribution >= 4 is 27.5 Å². The number of aromatic nitrogens is 2. The first-order valence-corrected chi connectivity index (χ1v) is 7.55. The second-order valence-electron chi connectivity index (χ2n) is 4.35. The first-order valence-electron chi connectivity index (χ1n) is 6.05. The van der Waals surface area contributed by atoms with Crippen LogP contribution in [0.1, 0.15) is 30.2 Å². The van der Waals surface area contributed by atoms with Crippen molar-refractivity contribution in [1.82, 2.24) is 9.78 Å². The lowest BCUT2D eigenvalue weighted by atomic mass is 10.1. The van der Waals surface area contributed by atoms with Crippen LogP contribution in [0, 0.1) is 6.92 Å². The second kappa shape index (κ2) is 5.89. The van der Waals surface area contributed by atoms with Crippen molar-refractivity contribution in [3.63, 3.8) is 0 Å². The van der Waals surface area contributed by atoms with Gasteiger partial charge in [0.2, 0.25) is 0 Å². The molecule has 96 valence electrons. The van der Waals surface area contributed by atoms with Crippen molar-refractivity contribution < 1.29 is 0 Å². The Morgan fingerprint density at radius 2 is 2.17 bits per heavy atom. The molecule has 0 atom stereocenters. The summed E-state index contributed by atoms with van der Waals surface area (Å²) in [6.45, 7) is 4.18. The number of halogens is 2. The minimum absolute atomic E-state index is 0.783. The highest BCUT2D eigenvalue weighted by molar-refractivity contribution is 9.08. The van der Waals surface area contributed by atoms with Gasteiger partial charge in [0.25, 0.3) is 0 Å². The van der Waals surface area contributed by atoms with E-state index in [0.29, 0.717) is 0 Å². The number of hydrogen-bond acceptors (Lipinski definition) is 1. The van der Waals surface area contributed by atoms with Crippen LogP contribution >= 0.6 is 27.5 Å². The fourth-order valence-corrected chi connectivity index (χ4v) is 2.60. The summed E-state index contributed by atoms with van der Waals surface area (Å²) >= 11 is 9.69. The molecule has 18 heavy (non-hydrogen) atoms. The van der Waals surface area contributed by atoms with Crippen molar-refractivity contribution in [3.05, 3.63) is 46.2 Å². The fourth-order valence-electron chi connectivity index (χ4n) is 1.96. The topological polar surface area (TPSA) is 17.8 Å². The van der Waals surface area contributed by atoms with E-state index in [0.717, 1.165) is 34.4 Å². The van der Waals surface area contributed by atoms with Crippen molar-refractivity contribution in [2.24, 2.45) is 0 Å². The Morgan fingerprint density at radius 3 is 2.78 bits per heavy atom. The molecule has 2 nitrogen and oxygen atoms in total. The zero-order chi connectivity index (χ0) is 13.1. The SMILES string of the molecule is CCCc1c(CBr)cnn1-c1ccc(C)c(Cl)c1. The summed E-state index contributed by atoms with van der Waals surface area (Å²) in [6, 6.07) is 6.06. The molecule has 0 spiro atoms. The molecule has 0 aliphatic rings. The molecule has 2 rings (SSSR count). The highest BCUT2D eigenvalue weighted by atomic mass is 79.9. The number of nitrogens with zero attached hydrogens (tertiary/aromatic N) is 2. The highest BCUT2D eigenvalue weighted by Gasteiger charge is 2.11. The molecule has 0 N–H and O–H groups in total. The lowest BCUT2D eigenvalue weighted by Gasteiger charge is -2.09. The van der Waals surface area contributed by atoms with Crippen LogP contribution in [0.15, 0.2) is 24.4 Å². The number of alkyl halides is 1. The van der Waals surface area contributed by atoms with Crippen LogP contribution < -0.4 is 0 Å². The molecule has 0 saturated heterocycles. The third kappa shape index (κ3) is 2.62. The molecular formula is C14H16BrClN2. The molecule has 4 heteroatoms. The van der Waals surface area contributed by atoms with Gasteiger partial charge in [-0.1, -0.05) is 46.9 Å². The molecule has 0 amide bonds. The molecule has 0 aliphatic carbocycles. The monoisotopic (exact) mass is 326 g/mol. The quantitative estimate of drug-likeness (QED) is 0.745. The van der Waals surface area contributed by atoms with E-state index in [-0.39, 0.29) is 0 Å². The Labute approximate surface area is 121 Å². The number of aryl methyl sites for hydroxylation is 1. The molecule has 0 aliphatic heterocycles. The predicted molar refractivity (Wildman–Crippen MR) is 79.9 cm³/mol. The summed E-state index contributed by atoms with van der Waals surface area (Å²) < 4.78 is 1.99. The third-order valence-electron chi connectivity index (χ3n) is 2.99. The van der Waals surface area contributed by atoms with Gasteiger partial charge in [-0.15, -0.1) is 0 Å². The minimum Gasteiger partial charge on any atom is -0.237 e. The van der Waals surface area contributed by atoms with Crippen LogP contribution in [0.3, 0.4) is 0 Å². The summed E-state index contributed by atoms with van der Waals surface area (Å²) in [5.41, 5.74) is 4.62. The van der Waals surface area contributed by atoms with E-state index in [4.69, 9.17) is 11.6 Å². The zero-order valence-corrected chi connectivity index (χ0v) is 12.9. The summed E-state index contributed by atoms with van der Waals surface area (Å²) in [6.07, 6.45) is 4.05. The average molecular weight is 328 g/mol. The van der Waals surface area contributed by atoms with Gasteiger partial charge in [0.1, 0.15) is 0 Å². The van der Waals surface area contributed by atoms with E-state index >= 15 is 0 Å². The van der Waals surface area contributed by atoms with Crippen molar-refractivity contribution in [2.75, 3.05) is 0 Å². The Morgan fingerprint density at radius 1 is 1.39 bits per heavy atom. The van der Waals surface area contributed by atoms with E-state index in [2.05, 4.69) is 34.0 Å². The Balaban J connectivity index is 2.49. The van der Waals surface area contributed by atoms with Gasteiger partial charge in [0.05, 0.1) is 11.9 Å². The van der Waals surface area contributed by atoms with Crippen LogP contribution in [0.2, 0.25) is 5.02 Å². The molecule has 1 heterocycles. The molecule has 1 aromatic heterocycles. The van der Waals surface area contributed by atoms with E-state index in [1.54, 1.807) is 0 Å². The summed E-state index contributed by atoms with van der Waals surface area (Å²) in [4.78, 5) is 0. The molecule has 0 radical (unpaired) electrons. The summed E-state index contributed by atoms with van der Waals surface area (Å²) in [5.74, 6) is 0. The molecule has 0 bridgehead atoms. The molecule has 0 fully saturated rings. The van der Waals surface area contributed by atoms with Gasteiger partial charge in [-0.3, -0.25) is 0 Å². The first-order chi connectivity index (χ1) is 8.67. The number of hydrogen-bond donors (Lipinski definition) is 0. The van der Waals surface area contributed by atoms with E-state index in [1.807, 2.05) is 29.9 Å². The maximum Gasteiger partial charge on any atom is 0.0663 e. The number of rotatable bonds is 4. The zero-order valence-electron chi connectivity index (χ0n) is 10.6. The Bertz CT molecular complexity index is 549. The van der Waals surface area contributed by atoms with E-state index in [1.165, 1.54) is 11.3 Å². The van der Waals surface area contributed by atoms with Gasteiger partial charge in [0.15, 0.2) is 0 Å². The molecule has 1 aromatic carbocycles. The summed E-state index contributed by atoms with van der Waals surface area (Å²) in [5, 5.41) is 6.09. The molecule has 0 unspecified atom stereocenters. The Hall–Kier alpha value is -0.800. The molecule has 0 saturated carbocycles. The fraction of sp³-hybridized carbons (Fsp3) is 0.357. The van der Waals surface area contributed by atoms with Crippen LogP contribution in [0.4, 0.5) is 0 Å². The Kier molecular flexibility index (Phi) is 4.46. The van der Waals surface area contributed by atoms with E-state index in [9.17, 15) is 0 Å². The van der Waals surface area contributed by atoms with Gasteiger partial charge >= 0.3 is 0 Å². The van der Waals surface area contributed by atoms with Gasteiger partial charge in [-0.2, -0.15) is 5.10 Å². The van der Waals surface area contributed by atoms with E-state index < -0.39 is 0 Å². The van der Waals surface area contributed by atoms with Gasteiger partial charge in [-0.05, 0) is 31.0 Å². The smallest absolute Gasteiger partial charge is 0.0663 e. The van der Waals surface area contributed by atoms with Crippen LogP contribution in [-0.4, -0.2) is 9.78 Å². The number of benzene rings is 1. The first kappa shape index (κ1) is 13.6. The van der Waals surface area contributed by atoms with Crippen LogP contribution in [0.5, 0.6) is 0 Å². The maximum atomic E-state index is 6.18. The maximum absolute atomic E-state index is 6.18. The predicted octanol–water partition coefficient (Wildman–Crippen LogP) is 4.68. The summed E-state index contributed by atoms with van der Waals surface area (Å²) in [7, 11) is 0. The van der Waals surface area contributed by atoms with Crippen molar-refractivity contribution in [3.8, 4) is 5.69 Å². The van der Waals surface area contributed by atoms with Crippen molar-refractivity contribution in [2.45, 2.75) is 32.0 Å². The van der Waals surface area contributed by atoms with Crippen molar-refractivity contribution in [1.29, 1.82) is 0 Å². The average Bonchev–Trinajstić information content (AvgIpc) is 2.76. The van der Waals surface area contributed by atoms with Gasteiger partial charge in [-0.25, -0.2) is 4.68 Å². The molecule has 2 aromatic rings. The normalized spacial score (nSPS) is 10.9. The van der Waals surface area contributed by atoms with Crippen LogP contribution in [0.25, 0.3) is 5.69 Å². The van der Waals surface area contributed by atoms with Crippen LogP contribution in [-0.2, 0) is 11.8 Å². The highest BCUT2D eigenvalue weighted by Crippen LogP contribution is 2.23. The largest absolute Gasteiger partial charge is 0.237 e. The van der Waals surface area contributed by atoms with Gasteiger partial charge in [0, 0.05) is 21.6 Å². The minimum atomic E-state index is 0.783.